The standard InChI is InChI=1S/C15H23Cl2N/c1-10(2)13(9-18-11(3)4)7-12-5-6-14(16)15(17)8-12/h5-6,8,10-11,13,18H,7,9H2,1-4H3. The third kappa shape index (κ3) is 5.17. The van der Waals surface area contributed by atoms with Crippen molar-refractivity contribution in [3.63, 3.8) is 0 Å². The van der Waals surface area contributed by atoms with Crippen molar-refractivity contribution in [1.29, 1.82) is 0 Å². The van der Waals surface area contributed by atoms with Crippen LogP contribution in [0.3, 0.4) is 0 Å². The average molecular weight is 288 g/mol. The van der Waals surface area contributed by atoms with E-state index >= 15 is 0 Å². The number of hydrogen-bond donors (Lipinski definition) is 1. The van der Waals surface area contributed by atoms with E-state index in [1.165, 1.54) is 5.56 Å². The molecule has 1 aromatic carbocycles. The molecule has 0 saturated carbocycles. The zero-order chi connectivity index (χ0) is 13.7. The van der Waals surface area contributed by atoms with Crippen molar-refractivity contribution in [2.24, 2.45) is 11.8 Å². The number of nitrogens with one attached hydrogen (secondary N) is 1. The molecule has 1 rings (SSSR count). The second kappa shape index (κ2) is 7.37. The van der Waals surface area contributed by atoms with Gasteiger partial charge in [0.1, 0.15) is 0 Å². The summed E-state index contributed by atoms with van der Waals surface area (Å²) in [5, 5.41) is 4.79. The molecule has 0 fully saturated rings. The quantitative estimate of drug-likeness (QED) is 0.792. The van der Waals surface area contributed by atoms with Gasteiger partial charge in [-0.3, -0.25) is 0 Å². The summed E-state index contributed by atoms with van der Waals surface area (Å²) in [7, 11) is 0. The predicted molar refractivity (Wildman–Crippen MR) is 81.6 cm³/mol. The molecule has 1 unspecified atom stereocenters. The van der Waals surface area contributed by atoms with Crippen molar-refractivity contribution in [3.8, 4) is 0 Å². The van der Waals surface area contributed by atoms with Crippen molar-refractivity contribution < 1.29 is 0 Å². The van der Waals surface area contributed by atoms with Crippen LogP contribution >= 0.6 is 23.2 Å². The van der Waals surface area contributed by atoms with Crippen LogP contribution in [0.4, 0.5) is 0 Å². The second-order valence-corrected chi connectivity index (χ2v) is 6.33. The number of halogens is 2. The number of hydrogen-bond acceptors (Lipinski definition) is 1. The van der Waals surface area contributed by atoms with Gasteiger partial charge >= 0.3 is 0 Å². The Kier molecular flexibility index (Phi) is 6.48. The average Bonchev–Trinajstić information content (AvgIpc) is 2.28. The van der Waals surface area contributed by atoms with Gasteiger partial charge in [0.05, 0.1) is 10.0 Å². The molecule has 0 aliphatic heterocycles. The SMILES string of the molecule is CC(C)NCC(Cc1ccc(Cl)c(Cl)c1)C(C)C. The minimum absolute atomic E-state index is 0.528. The maximum absolute atomic E-state index is 6.06. The van der Waals surface area contributed by atoms with Crippen LogP contribution in [0.15, 0.2) is 18.2 Å². The molecule has 1 atom stereocenters. The fourth-order valence-electron chi connectivity index (χ4n) is 1.90. The van der Waals surface area contributed by atoms with Gasteiger partial charge in [0.2, 0.25) is 0 Å². The lowest BCUT2D eigenvalue weighted by Gasteiger charge is -2.23. The lowest BCUT2D eigenvalue weighted by molar-refractivity contribution is 0.349. The highest BCUT2D eigenvalue weighted by atomic mass is 35.5. The largest absolute Gasteiger partial charge is 0.314 e. The summed E-state index contributed by atoms with van der Waals surface area (Å²) in [5.41, 5.74) is 1.26. The van der Waals surface area contributed by atoms with Gasteiger partial charge in [-0.2, -0.15) is 0 Å². The van der Waals surface area contributed by atoms with Crippen LogP contribution in [0.2, 0.25) is 10.0 Å². The Hall–Kier alpha value is -0.240. The maximum atomic E-state index is 6.06. The molecule has 102 valence electrons. The molecule has 0 spiro atoms. The Balaban J connectivity index is 2.67. The first-order valence-electron chi connectivity index (χ1n) is 6.57. The highest BCUT2D eigenvalue weighted by Crippen LogP contribution is 2.25. The smallest absolute Gasteiger partial charge is 0.0595 e. The Labute approximate surface area is 121 Å². The highest BCUT2D eigenvalue weighted by molar-refractivity contribution is 6.42. The normalized spacial score (nSPS) is 13.3. The van der Waals surface area contributed by atoms with Crippen LogP contribution in [0.5, 0.6) is 0 Å². The molecule has 3 heteroatoms. The van der Waals surface area contributed by atoms with Crippen LogP contribution in [0.1, 0.15) is 33.3 Å². The molecule has 0 saturated heterocycles. The van der Waals surface area contributed by atoms with Crippen LogP contribution in [0.25, 0.3) is 0 Å². The van der Waals surface area contributed by atoms with E-state index in [9.17, 15) is 0 Å². The first-order chi connectivity index (χ1) is 8.40. The van der Waals surface area contributed by atoms with E-state index in [-0.39, 0.29) is 0 Å². The molecule has 0 radical (unpaired) electrons. The van der Waals surface area contributed by atoms with Crippen molar-refractivity contribution >= 4 is 23.2 Å². The van der Waals surface area contributed by atoms with Gasteiger partial charge in [-0.15, -0.1) is 0 Å². The van der Waals surface area contributed by atoms with E-state index in [4.69, 9.17) is 23.2 Å². The zero-order valence-corrected chi connectivity index (χ0v) is 13.1. The molecule has 1 nitrogen and oxygen atoms in total. The van der Waals surface area contributed by atoms with Gasteiger partial charge in [0, 0.05) is 6.04 Å². The summed E-state index contributed by atoms with van der Waals surface area (Å²) in [6.07, 6.45) is 1.04. The summed E-state index contributed by atoms with van der Waals surface area (Å²) in [6, 6.07) is 6.46. The number of rotatable bonds is 6. The van der Waals surface area contributed by atoms with Crippen LogP contribution in [-0.2, 0) is 6.42 Å². The fraction of sp³-hybridized carbons (Fsp3) is 0.600. The summed E-state index contributed by atoms with van der Waals surface area (Å²) in [5.74, 6) is 1.26. The maximum Gasteiger partial charge on any atom is 0.0595 e. The zero-order valence-electron chi connectivity index (χ0n) is 11.6. The summed E-state index contributed by atoms with van der Waals surface area (Å²) >= 11 is 12.0. The molecule has 18 heavy (non-hydrogen) atoms. The first-order valence-corrected chi connectivity index (χ1v) is 7.33. The highest BCUT2D eigenvalue weighted by Gasteiger charge is 2.15. The summed E-state index contributed by atoms with van der Waals surface area (Å²) < 4.78 is 0. The van der Waals surface area contributed by atoms with Gasteiger partial charge in [0.15, 0.2) is 0 Å². The lowest BCUT2D eigenvalue weighted by atomic mass is 9.89. The topological polar surface area (TPSA) is 12.0 Å². The van der Waals surface area contributed by atoms with E-state index in [2.05, 4.69) is 39.1 Å². The molecule has 0 heterocycles. The van der Waals surface area contributed by atoms with E-state index < -0.39 is 0 Å². The van der Waals surface area contributed by atoms with Crippen LogP contribution in [0, 0.1) is 11.8 Å². The number of benzene rings is 1. The molecule has 0 aliphatic carbocycles. The van der Waals surface area contributed by atoms with Crippen LogP contribution < -0.4 is 5.32 Å². The van der Waals surface area contributed by atoms with Crippen molar-refractivity contribution in [3.05, 3.63) is 33.8 Å². The third-order valence-corrected chi connectivity index (χ3v) is 3.95. The molecular formula is C15H23Cl2N. The summed E-state index contributed by atoms with van der Waals surface area (Å²) in [6.45, 7) is 9.93. The Morgan fingerprint density at radius 3 is 2.22 bits per heavy atom. The monoisotopic (exact) mass is 287 g/mol. The van der Waals surface area contributed by atoms with Gasteiger partial charge in [-0.25, -0.2) is 0 Å². The molecule has 0 bridgehead atoms. The second-order valence-electron chi connectivity index (χ2n) is 5.52. The van der Waals surface area contributed by atoms with Crippen molar-refractivity contribution in [2.75, 3.05) is 6.54 Å². The lowest BCUT2D eigenvalue weighted by Crippen LogP contribution is -2.32. The minimum atomic E-state index is 0.528. The van der Waals surface area contributed by atoms with E-state index in [0.717, 1.165) is 13.0 Å². The molecule has 1 aromatic rings. The van der Waals surface area contributed by atoms with Gasteiger partial charge < -0.3 is 5.32 Å². The Morgan fingerprint density at radius 2 is 1.72 bits per heavy atom. The van der Waals surface area contributed by atoms with Crippen molar-refractivity contribution in [1.82, 2.24) is 5.32 Å². The Bertz CT molecular complexity index is 375. The van der Waals surface area contributed by atoms with Gasteiger partial charge in [-0.1, -0.05) is 57.0 Å². The van der Waals surface area contributed by atoms with E-state index in [1.54, 1.807) is 0 Å². The molecule has 0 aromatic heterocycles. The predicted octanol–water partition coefficient (Wildman–Crippen LogP) is 4.81. The molecule has 1 N–H and O–H groups in total. The first kappa shape index (κ1) is 15.8. The third-order valence-electron chi connectivity index (χ3n) is 3.21. The minimum Gasteiger partial charge on any atom is -0.314 e. The van der Waals surface area contributed by atoms with E-state index in [1.807, 2.05) is 12.1 Å². The molecule has 0 aliphatic rings. The fourth-order valence-corrected chi connectivity index (χ4v) is 2.22. The Morgan fingerprint density at radius 1 is 1.06 bits per heavy atom. The van der Waals surface area contributed by atoms with Crippen LogP contribution in [-0.4, -0.2) is 12.6 Å². The summed E-state index contributed by atoms with van der Waals surface area (Å²) in [4.78, 5) is 0. The molecular weight excluding hydrogens is 265 g/mol. The van der Waals surface area contributed by atoms with Gasteiger partial charge in [-0.05, 0) is 42.5 Å². The van der Waals surface area contributed by atoms with E-state index in [0.29, 0.717) is 27.9 Å². The van der Waals surface area contributed by atoms with Crippen molar-refractivity contribution in [2.45, 2.75) is 40.2 Å². The molecule has 0 amide bonds. The van der Waals surface area contributed by atoms with Gasteiger partial charge in [0.25, 0.3) is 0 Å².